The minimum absolute atomic E-state index is 0.00509. The van der Waals surface area contributed by atoms with Crippen molar-refractivity contribution in [3.63, 3.8) is 0 Å². The molecule has 1 aliphatic heterocycles. The molecule has 21 heavy (non-hydrogen) atoms. The molecule has 2 N–H and O–H groups in total. The lowest BCUT2D eigenvalue weighted by atomic mass is 9.89. The van der Waals surface area contributed by atoms with E-state index in [9.17, 15) is 0 Å². The van der Waals surface area contributed by atoms with Crippen LogP contribution in [0.5, 0.6) is 0 Å². The first-order valence-corrected chi connectivity index (χ1v) is 8.05. The van der Waals surface area contributed by atoms with Crippen molar-refractivity contribution in [2.24, 2.45) is 5.73 Å². The van der Waals surface area contributed by atoms with Gasteiger partial charge in [-0.2, -0.15) is 5.10 Å². The molecular weight excluding hydrogens is 288 g/mol. The van der Waals surface area contributed by atoms with Crippen LogP contribution >= 0.6 is 11.6 Å². The van der Waals surface area contributed by atoms with Crippen molar-refractivity contribution >= 4 is 11.6 Å². The van der Waals surface area contributed by atoms with Crippen molar-refractivity contribution in [1.29, 1.82) is 0 Å². The van der Waals surface area contributed by atoms with Gasteiger partial charge in [-0.25, -0.2) is 0 Å². The normalized spacial score (nSPS) is 19.0. The fourth-order valence-corrected chi connectivity index (χ4v) is 3.11. The van der Waals surface area contributed by atoms with E-state index in [4.69, 9.17) is 22.1 Å². The summed E-state index contributed by atoms with van der Waals surface area (Å²) in [5, 5.41) is 5.23. The molecule has 0 amide bonds. The Hall–Kier alpha value is -0.620. The molecule has 0 aliphatic carbocycles. The number of aryl methyl sites for hydroxylation is 2. The minimum Gasteiger partial charge on any atom is -0.379 e. The van der Waals surface area contributed by atoms with Gasteiger partial charge in [-0.05, 0) is 27.7 Å². The van der Waals surface area contributed by atoms with Crippen LogP contribution in [0.2, 0.25) is 5.02 Å². The second-order valence-electron chi connectivity index (χ2n) is 6.23. The van der Waals surface area contributed by atoms with E-state index < -0.39 is 0 Å². The number of nitrogens with two attached hydrogens (primary N) is 1. The quantitative estimate of drug-likeness (QED) is 0.901. The highest BCUT2D eigenvalue weighted by Crippen LogP contribution is 2.26. The largest absolute Gasteiger partial charge is 0.379 e. The number of aromatic nitrogens is 2. The van der Waals surface area contributed by atoms with E-state index in [0.717, 1.165) is 55.7 Å². The lowest BCUT2D eigenvalue weighted by molar-refractivity contribution is -0.0187. The Labute approximate surface area is 132 Å². The molecule has 0 aromatic carbocycles. The fraction of sp³-hybridized carbons (Fsp3) is 0.800. The summed E-state index contributed by atoms with van der Waals surface area (Å²) in [4.78, 5) is 2.41. The molecule has 1 atom stereocenters. The summed E-state index contributed by atoms with van der Waals surface area (Å²) >= 11 is 6.40. The van der Waals surface area contributed by atoms with Gasteiger partial charge in [0.05, 0.1) is 29.6 Å². The molecule has 1 unspecified atom stereocenters. The highest BCUT2D eigenvalue weighted by atomic mass is 35.5. The van der Waals surface area contributed by atoms with E-state index in [1.807, 2.05) is 11.6 Å². The first-order chi connectivity index (χ1) is 9.87. The standard InChI is InChI=1S/C15H27ClN4O/c1-5-20-12(14(16)11(2)18-20)10-13(17)15(3,4)19-6-8-21-9-7-19/h13H,5-10,17H2,1-4H3. The Morgan fingerprint density at radius 3 is 2.57 bits per heavy atom. The van der Waals surface area contributed by atoms with Gasteiger partial charge in [-0.1, -0.05) is 11.6 Å². The van der Waals surface area contributed by atoms with Crippen molar-refractivity contribution in [3.8, 4) is 0 Å². The van der Waals surface area contributed by atoms with Crippen LogP contribution in [-0.2, 0) is 17.7 Å². The zero-order valence-electron chi connectivity index (χ0n) is 13.5. The molecule has 5 nitrogen and oxygen atoms in total. The third-order valence-electron chi connectivity index (χ3n) is 4.60. The van der Waals surface area contributed by atoms with Crippen LogP contribution in [-0.4, -0.2) is 52.6 Å². The lowest BCUT2D eigenvalue weighted by Gasteiger charge is -2.44. The van der Waals surface area contributed by atoms with Gasteiger partial charge < -0.3 is 10.5 Å². The van der Waals surface area contributed by atoms with E-state index in [-0.39, 0.29) is 11.6 Å². The third-order valence-corrected chi connectivity index (χ3v) is 5.09. The highest BCUT2D eigenvalue weighted by Gasteiger charge is 2.35. The molecule has 2 rings (SSSR count). The minimum atomic E-state index is -0.0934. The molecule has 1 saturated heterocycles. The smallest absolute Gasteiger partial charge is 0.0847 e. The number of ether oxygens (including phenoxy) is 1. The van der Waals surface area contributed by atoms with Crippen LogP contribution in [0.15, 0.2) is 0 Å². The highest BCUT2D eigenvalue weighted by molar-refractivity contribution is 6.31. The summed E-state index contributed by atoms with van der Waals surface area (Å²) in [6.45, 7) is 12.7. The molecule has 0 bridgehead atoms. The maximum absolute atomic E-state index is 6.53. The van der Waals surface area contributed by atoms with Crippen LogP contribution in [0.3, 0.4) is 0 Å². The SMILES string of the molecule is CCn1nc(C)c(Cl)c1CC(N)C(C)(C)N1CCOCC1. The summed E-state index contributed by atoms with van der Waals surface area (Å²) in [5.41, 5.74) is 8.37. The van der Waals surface area contributed by atoms with E-state index in [2.05, 4.69) is 30.8 Å². The van der Waals surface area contributed by atoms with Gasteiger partial charge in [-0.15, -0.1) is 0 Å². The summed E-state index contributed by atoms with van der Waals surface area (Å²) in [6.07, 6.45) is 0.734. The van der Waals surface area contributed by atoms with Gasteiger partial charge >= 0.3 is 0 Å². The van der Waals surface area contributed by atoms with Gasteiger partial charge in [0.25, 0.3) is 0 Å². The van der Waals surface area contributed by atoms with Gasteiger partial charge in [-0.3, -0.25) is 9.58 Å². The molecule has 0 saturated carbocycles. The number of hydrogen-bond donors (Lipinski definition) is 1. The summed E-state index contributed by atoms with van der Waals surface area (Å²) in [7, 11) is 0. The molecule has 0 spiro atoms. The average Bonchev–Trinajstić information content (AvgIpc) is 2.75. The molecule has 1 aliphatic rings. The Kier molecular flexibility index (Phi) is 5.30. The van der Waals surface area contributed by atoms with Gasteiger partial charge in [0, 0.05) is 37.6 Å². The van der Waals surface area contributed by atoms with Crippen LogP contribution in [0.25, 0.3) is 0 Å². The van der Waals surface area contributed by atoms with Crippen molar-refractivity contribution in [2.45, 2.75) is 52.2 Å². The van der Waals surface area contributed by atoms with Crippen molar-refractivity contribution in [1.82, 2.24) is 14.7 Å². The van der Waals surface area contributed by atoms with E-state index in [1.165, 1.54) is 0 Å². The second-order valence-corrected chi connectivity index (χ2v) is 6.60. The summed E-state index contributed by atoms with van der Waals surface area (Å²) in [6, 6.07) is -0.00509. The molecule has 0 radical (unpaired) electrons. The zero-order valence-corrected chi connectivity index (χ0v) is 14.3. The molecule has 120 valence electrons. The van der Waals surface area contributed by atoms with Gasteiger partial charge in [0.2, 0.25) is 0 Å². The zero-order chi connectivity index (χ0) is 15.6. The number of halogens is 1. The number of morpholine rings is 1. The molecular formula is C15H27ClN4O. The maximum atomic E-state index is 6.53. The van der Waals surface area contributed by atoms with Crippen LogP contribution in [0, 0.1) is 6.92 Å². The van der Waals surface area contributed by atoms with E-state index in [0.29, 0.717) is 0 Å². The van der Waals surface area contributed by atoms with Crippen molar-refractivity contribution in [3.05, 3.63) is 16.4 Å². The first-order valence-electron chi connectivity index (χ1n) is 7.68. The monoisotopic (exact) mass is 314 g/mol. The summed E-state index contributed by atoms with van der Waals surface area (Å²) < 4.78 is 7.40. The second kappa shape index (κ2) is 6.65. The van der Waals surface area contributed by atoms with Crippen LogP contribution in [0.1, 0.15) is 32.2 Å². The van der Waals surface area contributed by atoms with Crippen LogP contribution < -0.4 is 5.73 Å². The molecule has 6 heteroatoms. The predicted octanol–water partition coefficient (Wildman–Crippen LogP) is 1.85. The third kappa shape index (κ3) is 3.42. The predicted molar refractivity (Wildman–Crippen MR) is 85.8 cm³/mol. The lowest BCUT2D eigenvalue weighted by Crippen LogP contribution is -2.59. The van der Waals surface area contributed by atoms with Crippen LogP contribution in [0.4, 0.5) is 0 Å². The van der Waals surface area contributed by atoms with Gasteiger partial charge in [0.1, 0.15) is 0 Å². The Bertz CT molecular complexity index is 480. The topological polar surface area (TPSA) is 56.3 Å². The van der Waals surface area contributed by atoms with Gasteiger partial charge in [0.15, 0.2) is 0 Å². The van der Waals surface area contributed by atoms with E-state index in [1.54, 1.807) is 0 Å². The Morgan fingerprint density at radius 1 is 1.38 bits per heavy atom. The van der Waals surface area contributed by atoms with Crippen molar-refractivity contribution < 1.29 is 4.74 Å². The average molecular weight is 315 g/mol. The Balaban J connectivity index is 2.14. The molecule has 1 aromatic heterocycles. The fourth-order valence-electron chi connectivity index (χ4n) is 2.90. The molecule has 1 aromatic rings. The van der Waals surface area contributed by atoms with Crippen molar-refractivity contribution in [2.75, 3.05) is 26.3 Å². The number of nitrogens with zero attached hydrogens (tertiary/aromatic N) is 3. The Morgan fingerprint density at radius 2 is 2.00 bits per heavy atom. The maximum Gasteiger partial charge on any atom is 0.0847 e. The molecule has 2 heterocycles. The summed E-state index contributed by atoms with van der Waals surface area (Å²) in [5.74, 6) is 0. The van der Waals surface area contributed by atoms with E-state index >= 15 is 0 Å². The number of rotatable bonds is 5. The number of hydrogen-bond acceptors (Lipinski definition) is 4. The molecule has 1 fully saturated rings. The first kappa shape index (κ1) is 16.7.